The highest BCUT2D eigenvalue weighted by molar-refractivity contribution is 5.83. The predicted molar refractivity (Wildman–Crippen MR) is 81.5 cm³/mol. The summed E-state index contributed by atoms with van der Waals surface area (Å²) >= 11 is 0. The van der Waals surface area contributed by atoms with Crippen LogP contribution in [0.4, 0.5) is 0 Å². The molecule has 0 aliphatic carbocycles. The molecule has 0 bridgehead atoms. The Morgan fingerprint density at radius 1 is 1.11 bits per heavy atom. The van der Waals surface area contributed by atoms with E-state index >= 15 is 0 Å². The second-order valence-corrected chi connectivity index (χ2v) is 5.62. The van der Waals surface area contributed by atoms with Gasteiger partial charge >= 0.3 is 0 Å². The lowest BCUT2D eigenvalue weighted by atomic mass is 9.92. The van der Waals surface area contributed by atoms with Crippen LogP contribution in [0.15, 0.2) is 42.5 Å². The Labute approximate surface area is 115 Å². The van der Waals surface area contributed by atoms with Gasteiger partial charge in [0.05, 0.1) is 5.60 Å². The third kappa shape index (κ3) is 3.34. The molecule has 0 aliphatic rings. The molecule has 0 radical (unpaired) electrons. The summed E-state index contributed by atoms with van der Waals surface area (Å²) in [5.41, 5.74) is 1.19. The molecular weight excluding hydrogens is 234 g/mol. The topological polar surface area (TPSA) is 21.3 Å². The zero-order valence-corrected chi connectivity index (χ0v) is 12.2. The third-order valence-corrected chi connectivity index (χ3v) is 3.77. The molecule has 2 aromatic carbocycles. The van der Waals surface area contributed by atoms with Crippen molar-refractivity contribution in [3.8, 4) is 0 Å². The maximum absolute atomic E-state index is 5.54. The van der Waals surface area contributed by atoms with Crippen LogP contribution in [0, 0.1) is 0 Å². The molecule has 1 atom stereocenters. The Balaban J connectivity index is 2.30. The molecule has 2 aromatic rings. The molecule has 2 nitrogen and oxygen atoms in total. The Kier molecular flexibility index (Phi) is 4.23. The number of fused-ring (bicyclic) bond motifs is 1. The highest BCUT2D eigenvalue weighted by Crippen LogP contribution is 2.27. The summed E-state index contributed by atoms with van der Waals surface area (Å²) in [5, 5.41) is 5.97. The number of ether oxygens (including phenoxy) is 1. The second-order valence-electron chi connectivity index (χ2n) is 5.62. The molecule has 0 saturated heterocycles. The van der Waals surface area contributed by atoms with Crippen LogP contribution in [0.5, 0.6) is 0 Å². The first-order chi connectivity index (χ1) is 9.05. The van der Waals surface area contributed by atoms with E-state index in [0.717, 1.165) is 6.42 Å². The van der Waals surface area contributed by atoms with Gasteiger partial charge < -0.3 is 10.1 Å². The zero-order valence-electron chi connectivity index (χ0n) is 12.2. The highest BCUT2D eigenvalue weighted by Gasteiger charge is 2.23. The average molecular weight is 257 g/mol. The normalized spacial score (nSPS) is 13.7. The maximum atomic E-state index is 5.54. The minimum atomic E-state index is -0.126. The Hall–Kier alpha value is -1.38. The van der Waals surface area contributed by atoms with E-state index in [1.54, 1.807) is 7.11 Å². The van der Waals surface area contributed by atoms with Crippen LogP contribution in [-0.2, 0) is 4.74 Å². The molecule has 0 aliphatic heterocycles. The van der Waals surface area contributed by atoms with E-state index in [4.69, 9.17) is 4.74 Å². The van der Waals surface area contributed by atoms with Gasteiger partial charge in [0.2, 0.25) is 0 Å². The fraction of sp³-hybridized carbons (Fsp3) is 0.412. The van der Waals surface area contributed by atoms with Gasteiger partial charge in [0, 0.05) is 13.2 Å². The number of methoxy groups -OCH3 is 1. The van der Waals surface area contributed by atoms with Crippen molar-refractivity contribution < 1.29 is 4.74 Å². The summed E-state index contributed by atoms with van der Waals surface area (Å²) in [7, 11) is 3.78. The molecule has 0 aromatic heterocycles. The van der Waals surface area contributed by atoms with Gasteiger partial charge in [-0.1, -0.05) is 36.4 Å². The van der Waals surface area contributed by atoms with Crippen molar-refractivity contribution in [2.24, 2.45) is 0 Å². The first kappa shape index (κ1) is 14.0. The van der Waals surface area contributed by atoms with Gasteiger partial charge in [-0.2, -0.15) is 0 Å². The van der Waals surface area contributed by atoms with Crippen molar-refractivity contribution in [3.05, 3.63) is 48.0 Å². The highest BCUT2D eigenvalue weighted by atomic mass is 16.5. The van der Waals surface area contributed by atoms with Crippen LogP contribution >= 0.6 is 0 Å². The van der Waals surface area contributed by atoms with Gasteiger partial charge in [-0.3, -0.25) is 0 Å². The molecule has 19 heavy (non-hydrogen) atoms. The molecule has 102 valence electrons. The van der Waals surface area contributed by atoms with E-state index in [0.29, 0.717) is 6.04 Å². The monoisotopic (exact) mass is 257 g/mol. The molecule has 1 N–H and O–H groups in total. The maximum Gasteiger partial charge on any atom is 0.0640 e. The molecule has 2 heteroatoms. The summed E-state index contributed by atoms with van der Waals surface area (Å²) in [6, 6.07) is 15.4. The first-order valence-electron chi connectivity index (χ1n) is 6.77. The molecule has 0 heterocycles. The smallest absolute Gasteiger partial charge is 0.0640 e. The van der Waals surface area contributed by atoms with Crippen molar-refractivity contribution in [3.63, 3.8) is 0 Å². The fourth-order valence-electron chi connectivity index (χ4n) is 2.39. The van der Waals surface area contributed by atoms with Crippen LogP contribution in [-0.4, -0.2) is 19.8 Å². The molecule has 0 amide bonds. The summed E-state index contributed by atoms with van der Waals surface area (Å²) in [6.07, 6.45) is 0.943. The van der Waals surface area contributed by atoms with Crippen molar-refractivity contribution >= 4 is 10.8 Å². The standard InChI is InChI=1S/C17H23NO/c1-17(2,19-4)12-16(18-3)15-10-9-13-7-5-6-8-14(13)11-15/h5-11,16,18H,12H2,1-4H3. The summed E-state index contributed by atoms with van der Waals surface area (Å²) < 4.78 is 5.54. The summed E-state index contributed by atoms with van der Waals surface area (Å²) in [6.45, 7) is 4.25. The minimum absolute atomic E-state index is 0.126. The van der Waals surface area contributed by atoms with Gasteiger partial charge in [0.25, 0.3) is 0 Å². The van der Waals surface area contributed by atoms with Gasteiger partial charge in [-0.15, -0.1) is 0 Å². The average Bonchev–Trinajstić information content (AvgIpc) is 2.44. The number of rotatable bonds is 5. The van der Waals surface area contributed by atoms with E-state index in [1.807, 2.05) is 7.05 Å². The Bertz CT molecular complexity index is 548. The Morgan fingerprint density at radius 3 is 2.42 bits per heavy atom. The van der Waals surface area contributed by atoms with Crippen LogP contribution in [0.25, 0.3) is 10.8 Å². The second kappa shape index (κ2) is 5.72. The van der Waals surface area contributed by atoms with Crippen LogP contribution in [0.2, 0.25) is 0 Å². The SMILES string of the molecule is CNC(CC(C)(C)OC)c1ccc2ccccc2c1. The lowest BCUT2D eigenvalue weighted by molar-refractivity contribution is 0.00745. The molecule has 1 unspecified atom stereocenters. The quantitative estimate of drug-likeness (QED) is 0.876. The van der Waals surface area contributed by atoms with Crippen LogP contribution in [0.3, 0.4) is 0 Å². The molecule has 0 fully saturated rings. The molecule has 0 spiro atoms. The van der Waals surface area contributed by atoms with E-state index in [1.165, 1.54) is 16.3 Å². The molecular formula is C17H23NO. The third-order valence-electron chi connectivity index (χ3n) is 3.77. The largest absolute Gasteiger partial charge is 0.379 e. The van der Waals surface area contributed by atoms with Crippen molar-refractivity contribution in [1.82, 2.24) is 5.32 Å². The lowest BCUT2D eigenvalue weighted by Gasteiger charge is -2.28. The zero-order chi connectivity index (χ0) is 13.9. The minimum Gasteiger partial charge on any atom is -0.379 e. The Morgan fingerprint density at radius 2 is 1.79 bits per heavy atom. The van der Waals surface area contributed by atoms with E-state index in [9.17, 15) is 0 Å². The first-order valence-corrected chi connectivity index (χ1v) is 6.77. The fourth-order valence-corrected chi connectivity index (χ4v) is 2.39. The summed E-state index contributed by atoms with van der Waals surface area (Å²) in [4.78, 5) is 0. The van der Waals surface area contributed by atoms with Crippen molar-refractivity contribution in [2.75, 3.05) is 14.2 Å². The van der Waals surface area contributed by atoms with Gasteiger partial charge in [0.15, 0.2) is 0 Å². The number of benzene rings is 2. The van der Waals surface area contributed by atoms with E-state index in [2.05, 4.69) is 61.6 Å². The van der Waals surface area contributed by atoms with E-state index < -0.39 is 0 Å². The summed E-state index contributed by atoms with van der Waals surface area (Å²) in [5.74, 6) is 0. The predicted octanol–water partition coefficient (Wildman–Crippen LogP) is 3.92. The number of hydrogen-bond donors (Lipinski definition) is 1. The van der Waals surface area contributed by atoms with Crippen LogP contribution in [0.1, 0.15) is 31.9 Å². The number of hydrogen-bond acceptors (Lipinski definition) is 2. The number of nitrogens with one attached hydrogen (secondary N) is 1. The van der Waals surface area contributed by atoms with Gasteiger partial charge in [-0.05, 0) is 49.7 Å². The van der Waals surface area contributed by atoms with Gasteiger partial charge in [-0.25, -0.2) is 0 Å². The van der Waals surface area contributed by atoms with E-state index in [-0.39, 0.29) is 5.60 Å². The van der Waals surface area contributed by atoms with Crippen molar-refractivity contribution in [1.29, 1.82) is 0 Å². The lowest BCUT2D eigenvalue weighted by Crippen LogP contribution is -2.30. The van der Waals surface area contributed by atoms with Gasteiger partial charge in [0.1, 0.15) is 0 Å². The van der Waals surface area contributed by atoms with Crippen molar-refractivity contribution in [2.45, 2.75) is 31.9 Å². The molecule has 2 rings (SSSR count). The van der Waals surface area contributed by atoms with Crippen LogP contribution < -0.4 is 5.32 Å². The molecule has 0 saturated carbocycles.